The number of ether oxygens (including phenoxy) is 1. The average molecular weight is 339 g/mol. The standard InChI is InChI=1S/C14H5F4N3OS/c15-13-11(20-7-12(21-13)23-8-19)6-3-9-1-4-10(5-2-9)22-14(16,17)18/h1-2,4-5,7H. The molecule has 0 N–H and O–H groups in total. The highest BCUT2D eigenvalue weighted by Crippen LogP contribution is 2.22. The van der Waals surface area contributed by atoms with Crippen LogP contribution >= 0.6 is 11.8 Å². The van der Waals surface area contributed by atoms with Gasteiger partial charge in [-0.3, -0.25) is 0 Å². The maximum absolute atomic E-state index is 13.6. The molecule has 0 aliphatic heterocycles. The number of aromatic nitrogens is 2. The molecular formula is C14H5F4N3OS. The third-order valence-corrected chi connectivity index (χ3v) is 2.77. The lowest BCUT2D eigenvalue weighted by molar-refractivity contribution is -0.274. The molecule has 4 nitrogen and oxygen atoms in total. The van der Waals surface area contributed by atoms with E-state index in [-0.39, 0.29) is 16.5 Å². The summed E-state index contributed by atoms with van der Waals surface area (Å²) in [5.41, 5.74) is 0.110. The Balaban J connectivity index is 2.14. The highest BCUT2D eigenvalue weighted by Gasteiger charge is 2.30. The molecule has 0 radical (unpaired) electrons. The van der Waals surface area contributed by atoms with Crippen molar-refractivity contribution in [2.75, 3.05) is 0 Å². The van der Waals surface area contributed by atoms with Gasteiger partial charge in [0.1, 0.15) is 16.2 Å². The second-order valence-electron chi connectivity index (χ2n) is 3.86. The summed E-state index contributed by atoms with van der Waals surface area (Å²) in [6, 6.07) is 4.76. The zero-order valence-electron chi connectivity index (χ0n) is 11.1. The topological polar surface area (TPSA) is 58.8 Å². The van der Waals surface area contributed by atoms with Crippen LogP contribution in [0.5, 0.6) is 5.75 Å². The molecule has 0 atom stereocenters. The quantitative estimate of drug-likeness (QED) is 0.363. The number of halogens is 4. The molecule has 0 amide bonds. The van der Waals surface area contributed by atoms with Gasteiger partial charge >= 0.3 is 6.36 Å². The molecule has 2 rings (SSSR count). The summed E-state index contributed by atoms with van der Waals surface area (Å²) in [6.07, 6.45) is -3.57. The summed E-state index contributed by atoms with van der Waals surface area (Å²) >= 11 is 0.657. The van der Waals surface area contributed by atoms with Crippen LogP contribution in [0.15, 0.2) is 35.5 Å². The predicted molar refractivity (Wildman–Crippen MR) is 72.6 cm³/mol. The number of alkyl halides is 3. The van der Waals surface area contributed by atoms with Crippen molar-refractivity contribution in [2.45, 2.75) is 11.4 Å². The highest BCUT2D eigenvalue weighted by molar-refractivity contribution is 8.03. The molecule has 1 aromatic carbocycles. The Morgan fingerprint density at radius 1 is 1.13 bits per heavy atom. The van der Waals surface area contributed by atoms with Crippen molar-refractivity contribution < 1.29 is 22.3 Å². The van der Waals surface area contributed by atoms with E-state index < -0.39 is 12.3 Å². The second kappa shape index (κ2) is 6.99. The molecule has 0 aliphatic rings. The van der Waals surface area contributed by atoms with E-state index in [1.165, 1.54) is 18.3 Å². The number of rotatable bonds is 2. The minimum atomic E-state index is -4.77. The van der Waals surface area contributed by atoms with Gasteiger partial charge in [-0.05, 0) is 30.2 Å². The Kier molecular flexibility index (Phi) is 5.04. The number of nitrogens with zero attached hydrogens (tertiary/aromatic N) is 3. The van der Waals surface area contributed by atoms with Crippen molar-refractivity contribution in [3.63, 3.8) is 0 Å². The fourth-order valence-electron chi connectivity index (χ4n) is 1.40. The highest BCUT2D eigenvalue weighted by atomic mass is 32.2. The van der Waals surface area contributed by atoms with E-state index in [4.69, 9.17) is 5.26 Å². The van der Waals surface area contributed by atoms with Crippen LogP contribution in [-0.4, -0.2) is 16.3 Å². The summed E-state index contributed by atoms with van der Waals surface area (Å²) in [6.45, 7) is 0. The molecular weight excluding hydrogens is 334 g/mol. The van der Waals surface area contributed by atoms with Gasteiger partial charge < -0.3 is 4.74 Å². The zero-order chi connectivity index (χ0) is 16.9. The molecule has 0 unspecified atom stereocenters. The maximum Gasteiger partial charge on any atom is 0.573 e. The number of thioether (sulfide) groups is 1. The summed E-state index contributed by atoms with van der Waals surface area (Å²) in [7, 11) is 0. The van der Waals surface area contributed by atoms with Gasteiger partial charge in [-0.2, -0.15) is 9.65 Å². The van der Waals surface area contributed by atoms with E-state index in [9.17, 15) is 17.6 Å². The van der Waals surface area contributed by atoms with E-state index in [2.05, 4.69) is 26.5 Å². The first kappa shape index (κ1) is 16.6. The van der Waals surface area contributed by atoms with Crippen molar-refractivity contribution in [1.82, 2.24) is 9.97 Å². The molecule has 0 spiro atoms. The van der Waals surface area contributed by atoms with E-state index in [0.29, 0.717) is 17.3 Å². The SMILES string of the molecule is N#CSc1cnc(C#Cc2ccc(OC(F)(F)F)cc2)c(F)n1. The lowest BCUT2D eigenvalue weighted by Crippen LogP contribution is -2.16. The summed E-state index contributed by atoms with van der Waals surface area (Å²) in [5.74, 6) is 3.64. The van der Waals surface area contributed by atoms with E-state index in [1.807, 2.05) is 0 Å². The fourth-order valence-corrected chi connectivity index (χ4v) is 1.73. The molecule has 0 saturated carbocycles. The number of benzene rings is 1. The van der Waals surface area contributed by atoms with Gasteiger partial charge in [0.2, 0.25) is 5.95 Å². The van der Waals surface area contributed by atoms with Crippen LogP contribution in [0.4, 0.5) is 17.6 Å². The molecule has 0 aliphatic carbocycles. The molecule has 9 heteroatoms. The Morgan fingerprint density at radius 2 is 1.83 bits per heavy atom. The van der Waals surface area contributed by atoms with Gasteiger partial charge in [-0.1, -0.05) is 5.92 Å². The number of hydrogen-bond acceptors (Lipinski definition) is 5. The van der Waals surface area contributed by atoms with Gasteiger partial charge in [0.15, 0.2) is 5.69 Å². The average Bonchev–Trinajstić information content (AvgIpc) is 2.47. The molecule has 23 heavy (non-hydrogen) atoms. The van der Waals surface area contributed by atoms with Crippen LogP contribution in [0.3, 0.4) is 0 Å². The van der Waals surface area contributed by atoms with E-state index in [0.717, 1.165) is 12.1 Å². The molecule has 0 fully saturated rings. The van der Waals surface area contributed by atoms with E-state index >= 15 is 0 Å². The summed E-state index contributed by atoms with van der Waals surface area (Å²) in [4.78, 5) is 7.21. The van der Waals surface area contributed by atoms with Crippen LogP contribution in [-0.2, 0) is 0 Å². The van der Waals surface area contributed by atoms with Crippen LogP contribution < -0.4 is 4.74 Å². The second-order valence-corrected chi connectivity index (χ2v) is 4.67. The van der Waals surface area contributed by atoms with Gasteiger partial charge in [0.25, 0.3) is 0 Å². The Hall–Kier alpha value is -2.78. The molecule has 1 aromatic heterocycles. The van der Waals surface area contributed by atoms with Crippen molar-refractivity contribution in [1.29, 1.82) is 5.26 Å². The van der Waals surface area contributed by atoms with Crippen molar-refractivity contribution >= 4 is 11.8 Å². The van der Waals surface area contributed by atoms with Crippen LogP contribution in [0.25, 0.3) is 0 Å². The Labute approximate surface area is 132 Å². The maximum atomic E-state index is 13.6. The Morgan fingerprint density at radius 3 is 2.39 bits per heavy atom. The first-order valence-electron chi connectivity index (χ1n) is 5.84. The zero-order valence-corrected chi connectivity index (χ0v) is 11.9. The van der Waals surface area contributed by atoms with Gasteiger partial charge in [-0.15, -0.1) is 13.2 Å². The Bertz CT molecular complexity index is 804. The molecule has 0 bridgehead atoms. The van der Waals surface area contributed by atoms with Crippen LogP contribution in [0, 0.1) is 28.5 Å². The number of hydrogen-bond donors (Lipinski definition) is 0. The van der Waals surface area contributed by atoms with Gasteiger partial charge in [-0.25, -0.2) is 9.97 Å². The molecule has 2 aromatic rings. The minimum Gasteiger partial charge on any atom is -0.406 e. The third kappa shape index (κ3) is 5.16. The molecule has 0 saturated heterocycles. The smallest absolute Gasteiger partial charge is 0.406 e. The minimum absolute atomic E-state index is 0.101. The normalized spacial score (nSPS) is 10.4. The monoisotopic (exact) mass is 339 g/mol. The van der Waals surface area contributed by atoms with Crippen molar-refractivity contribution in [2.24, 2.45) is 0 Å². The lowest BCUT2D eigenvalue weighted by Gasteiger charge is -2.07. The fraction of sp³-hybridized carbons (Fsp3) is 0.0714. The van der Waals surface area contributed by atoms with Crippen LogP contribution in [0.2, 0.25) is 0 Å². The summed E-state index contributed by atoms with van der Waals surface area (Å²) in [5, 5.41) is 10.3. The van der Waals surface area contributed by atoms with Crippen molar-refractivity contribution in [3.05, 3.63) is 47.7 Å². The largest absolute Gasteiger partial charge is 0.573 e. The van der Waals surface area contributed by atoms with Gasteiger partial charge in [0.05, 0.1) is 6.20 Å². The molecule has 116 valence electrons. The van der Waals surface area contributed by atoms with E-state index in [1.54, 1.807) is 5.40 Å². The third-order valence-electron chi connectivity index (χ3n) is 2.27. The predicted octanol–water partition coefficient (Wildman–Crippen LogP) is 3.49. The first-order chi connectivity index (χ1) is 10.9. The number of nitriles is 1. The van der Waals surface area contributed by atoms with Gasteiger partial charge in [0, 0.05) is 17.3 Å². The van der Waals surface area contributed by atoms with Crippen LogP contribution in [0.1, 0.15) is 11.3 Å². The first-order valence-corrected chi connectivity index (χ1v) is 6.65. The molecule has 1 heterocycles. The number of thiocyanates is 1. The van der Waals surface area contributed by atoms with Crippen molar-refractivity contribution in [3.8, 4) is 23.0 Å². The summed E-state index contributed by atoms with van der Waals surface area (Å²) < 4.78 is 53.3. The lowest BCUT2D eigenvalue weighted by atomic mass is 10.2.